The highest BCUT2D eigenvalue weighted by Crippen LogP contribution is 2.20. The molecule has 7 nitrogen and oxygen atoms in total. The summed E-state index contributed by atoms with van der Waals surface area (Å²) in [7, 11) is 1.00. The third-order valence-electron chi connectivity index (χ3n) is 5.11. The molecule has 0 saturated heterocycles. The number of benzene rings is 1. The van der Waals surface area contributed by atoms with Gasteiger partial charge in [0.15, 0.2) is 0 Å². The van der Waals surface area contributed by atoms with E-state index in [1.165, 1.54) is 0 Å². The molecule has 0 spiro atoms. The zero-order valence-electron chi connectivity index (χ0n) is 19.0. The highest BCUT2D eigenvalue weighted by molar-refractivity contribution is 5.75. The van der Waals surface area contributed by atoms with Gasteiger partial charge in [-0.1, -0.05) is 39.0 Å². The smallest absolute Gasteiger partial charge is 0.333 e. The van der Waals surface area contributed by atoms with Crippen LogP contribution in [0.1, 0.15) is 50.8 Å². The van der Waals surface area contributed by atoms with Crippen LogP contribution in [0, 0.1) is 0 Å². The molecule has 0 unspecified atom stereocenters. The lowest BCUT2D eigenvalue weighted by Crippen LogP contribution is -2.26. The van der Waals surface area contributed by atoms with Crippen molar-refractivity contribution < 1.29 is 5.11 Å². The lowest BCUT2D eigenvalue weighted by Gasteiger charge is -2.10. The lowest BCUT2D eigenvalue weighted by atomic mass is 10.2. The summed E-state index contributed by atoms with van der Waals surface area (Å²) in [5.41, 5.74) is 4.37. The van der Waals surface area contributed by atoms with Crippen molar-refractivity contribution in [3.63, 3.8) is 0 Å². The maximum absolute atomic E-state index is 13.3. The van der Waals surface area contributed by atoms with Crippen molar-refractivity contribution in [3.8, 4) is 0 Å². The van der Waals surface area contributed by atoms with Crippen molar-refractivity contribution in [2.24, 2.45) is 4.99 Å². The Morgan fingerprint density at radius 3 is 2.55 bits per heavy atom. The fraction of sp³-hybridized carbons (Fsp3) is 0.375. The predicted octanol–water partition coefficient (Wildman–Crippen LogP) is 4.18. The van der Waals surface area contributed by atoms with E-state index in [1.807, 2.05) is 38.1 Å². The average molecular weight is 424 g/mol. The molecule has 0 bridgehead atoms. The number of allylic oxidation sites excluding steroid dienone is 1. The molecule has 0 aliphatic rings. The van der Waals surface area contributed by atoms with Gasteiger partial charge in [0.2, 0.25) is 0 Å². The van der Waals surface area contributed by atoms with Gasteiger partial charge in [-0.05, 0) is 44.7 Å². The van der Waals surface area contributed by atoms with Crippen LogP contribution in [0.4, 0.5) is 0 Å². The van der Waals surface area contributed by atoms with Gasteiger partial charge in [-0.2, -0.15) is 0 Å². The molecular formula is C24H33N5O2. The Hall–Kier alpha value is -3.19. The van der Waals surface area contributed by atoms with Gasteiger partial charge in [0.1, 0.15) is 5.82 Å². The normalized spacial score (nSPS) is 11.0. The van der Waals surface area contributed by atoms with Crippen molar-refractivity contribution in [3.05, 3.63) is 64.7 Å². The number of imidazole rings is 2. The summed E-state index contributed by atoms with van der Waals surface area (Å²) in [6.07, 6.45) is 6.30. The molecular weight excluding hydrogens is 390 g/mol. The largest absolute Gasteiger partial charge is 0.400 e. The summed E-state index contributed by atoms with van der Waals surface area (Å²) in [5, 5.41) is 7.00. The molecule has 0 saturated carbocycles. The molecule has 1 N–H and O–H groups in total. The van der Waals surface area contributed by atoms with Gasteiger partial charge in [0, 0.05) is 31.2 Å². The van der Waals surface area contributed by atoms with Crippen molar-refractivity contribution in [1.82, 2.24) is 18.7 Å². The van der Waals surface area contributed by atoms with E-state index in [2.05, 4.69) is 35.8 Å². The van der Waals surface area contributed by atoms with E-state index < -0.39 is 0 Å². The van der Waals surface area contributed by atoms with Gasteiger partial charge >= 0.3 is 5.69 Å². The van der Waals surface area contributed by atoms with Crippen molar-refractivity contribution in [2.45, 2.75) is 53.1 Å². The van der Waals surface area contributed by atoms with Gasteiger partial charge in [0.25, 0.3) is 0 Å². The summed E-state index contributed by atoms with van der Waals surface area (Å²) in [5.74, 6) is 0.896. The Bertz CT molecular complexity index is 1130. The third kappa shape index (κ3) is 4.94. The van der Waals surface area contributed by atoms with E-state index in [9.17, 15) is 4.79 Å². The maximum Gasteiger partial charge on any atom is 0.333 e. The lowest BCUT2D eigenvalue weighted by molar-refractivity contribution is 0.399. The van der Waals surface area contributed by atoms with Gasteiger partial charge in [0.05, 0.1) is 23.3 Å². The van der Waals surface area contributed by atoms with Gasteiger partial charge in [-0.25, -0.2) is 9.78 Å². The van der Waals surface area contributed by atoms with E-state index in [0.717, 1.165) is 54.7 Å². The van der Waals surface area contributed by atoms with Gasteiger partial charge in [-0.15, -0.1) is 0 Å². The first kappa shape index (κ1) is 24.1. The molecule has 7 heteroatoms. The van der Waals surface area contributed by atoms with E-state index in [-0.39, 0.29) is 5.69 Å². The van der Waals surface area contributed by atoms with E-state index in [1.54, 1.807) is 15.3 Å². The summed E-state index contributed by atoms with van der Waals surface area (Å²) >= 11 is 0. The van der Waals surface area contributed by atoms with Crippen LogP contribution in [0.25, 0.3) is 22.8 Å². The summed E-state index contributed by atoms with van der Waals surface area (Å²) in [6.45, 7) is 14.9. The minimum absolute atomic E-state index is 0.104. The summed E-state index contributed by atoms with van der Waals surface area (Å²) in [4.78, 5) is 21.9. The first-order valence-corrected chi connectivity index (χ1v) is 10.5. The van der Waals surface area contributed by atoms with E-state index >= 15 is 0 Å². The van der Waals surface area contributed by atoms with Crippen molar-refractivity contribution in [2.75, 3.05) is 7.11 Å². The molecule has 2 aromatic heterocycles. The number of aliphatic hydroxyl groups excluding tert-OH is 1. The number of fused-ring (bicyclic) bond motifs is 1. The minimum Gasteiger partial charge on any atom is -0.400 e. The Morgan fingerprint density at radius 1 is 1.23 bits per heavy atom. The SMILES string of the molecule is C=N/C=C\c1c(CC)n(Cc2nc3ccccc3n2CCCC)c(=O)n1C(=C)C.CO. The highest BCUT2D eigenvalue weighted by atomic mass is 16.2. The second kappa shape index (κ2) is 11.3. The standard InChI is InChI=1S/C23H29N5O.CH4O/c1-6-8-15-26-20-12-10-9-11-18(20)25-22(26)16-27-19(7-2)21(13-14-24-5)28(17(3)4)23(27)29;1-2/h9-14H,3,5-8,15-16H2,1-2,4H3;2H,1H3/b14-13-;. The number of aromatic nitrogens is 4. The zero-order valence-corrected chi connectivity index (χ0v) is 19.0. The molecule has 3 aromatic rings. The van der Waals surface area contributed by atoms with Crippen LogP contribution in [-0.4, -0.2) is 37.6 Å². The summed E-state index contributed by atoms with van der Waals surface area (Å²) in [6, 6.07) is 8.14. The molecule has 0 atom stereocenters. The van der Waals surface area contributed by atoms with Crippen LogP contribution in [0.2, 0.25) is 0 Å². The number of aliphatic imine (C=N–C) groups is 1. The van der Waals surface area contributed by atoms with Crippen LogP contribution in [0.15, 0.2) is 46.8 Å². The molecule has 1 aromatic carbocycles. The highest BCUT2D eigenvalue weighted by Gasteiger charge is 2.20. The fourth-order valence-electron chi connectivity index (χ4n) is 3.76. The number of para-hydroxylation sites is 2. The second-order valence-corrected chi connectivity index (χ2v) is 7.15. The molecule has 2 heterocycles. The molecule has 0 radical (unpaired) electrons. The Kier molecular flexibility index (Phi) is 8.75. The monoisotopic (exact) mass is 423 g/mol. The first-order chi connectivity index (χ1) is 15.0. The number of nitrogens with zero attached hydrogens (tertiary/aromatic N) is 5. The van der Waals surface area contributed by atoms with Crippen LogP contribution < -0.4 is 5.69 Å². The number of hydrogen-bond donors (Lipinski definition) is 1. The third-order valence-corrected chi connectivity index (χ3v) is 5.11. The second-order valence-electron chi connectivity index (χ2n) is 7.15. The predicted molar refractivity (Wildman–Crippen MR) is 130 cm³/mol. The molecule has 3 rings (SSSR count). The van der Waals surface area contributed by atoms with Crippen molar-refractivity contribution in [1.29, 1.82) is 0 Å². The number of unbranched alkanes of at least 4 members (excludes halogenated alkanes) is 1. The number of rotatable bonds is 9. The number of aliphatic hydroxyl groups is 1. The van der Waals surface area contributed by atoms with Crippen LogP contribution >= 0.6 is 0 Å². The Morgan fingerprint density at radius 2 is 1.94 bits per heavy atom. The van der Waals surface area contributed by atoms with Crippen LogP contribution in [0.3, 0.4) is 0 Å². The average Bonchev–Trinajstić information content (AvgIpc) is 3.26. The maximum atomic E-state index is 13.3. The Balaban J connectivity index is 0.00000166. The topological polar surface area (TPSA) is 77.3 Å². The minimum atomic E-state index is -0.104. The summed E-state index contributed by atoms with van der Waals surface area (Å²) < 4.78 is 5.68. The van der Waals surface area contributed by atoms with Crippen LogP contribution in [0.5, 0.6) is 0 Å². The molecule has 0 amide bonds. The molecule has 31 heavy (non-hydrogen) atoms. The quantitative estimate of drug-likeness (QED) is 0.525. The Labute approximate surface area is 183 Å². The molecule has 0 aliphatic heterocycles. The number of aryl methyl sites for hydroxylation is 1. The van der Waals surface area contributed by atoms with Crippen LogP contribution in [-0.2, 0) is 19.5 Å². The molecule has 0 fully saturated rings. The molecule has 0 aliphatic carbocycles. The zero-order chi connectivity index (χ0) is 23.0. The van der Waals surface area contributed by atoms with E-state index in [4.69, 9.17) is 10.1 Å². The fourth-order valence-corrected chi connectivity index (χ4v) is 3.76. The number of hydrogen-bond acceptors (Lipinski definition) is 4. The van der Waals surface area contributed by atoms with E-state index in [0.29, 0.717) is 18.7 Å². The van der Waals surface area contributed by atoms with Gasteiger partial charge in [-0.3, -0.25) is 14.1 Å². The first-order valence-electron chi connectivity index (χ1n) is 10.5. The van der Waals surface area contributed by atoms with Crippen molar-refractivity contribution >= 4 is 29.5 Å². The van der Waals surface area contributed by atoms with Gasteiger partial charge < -0.3 is 9.67 Å². The molecule has 166 valence electrons.